The summed E-state index contributed by atoms with van der Waals surface area (Å²) < 4.78 is 64.2. The number of ketones is 1. The van der Waals surface area contributed by atoms with Crippen molar-refractivity contribution in [2.24, 2.45) is 47.3 Å². The fourth-order valence-corrected chi connectivity index (χ4v) is 9.26. The van der Waals surface area contributed by atoms with Gasteiger partial charge in [0.05, 0.1) is 68.2 Å². The highest BCUT2D eigenvalue weighted by Crippen LogP contribution is 2.26. The Kier molecular flexibility index (Phi) is 43.4. The van der Waals surface area contributed by atoms with Crippen LogP contribution in [-0.4, -0.2) is 242 Å². The summed E-state index contributed by atoms with van der Waals surface area (Å²) in [7, 11) is 2.29. The Hall–Kier alpha value is -8.12. The Morgan fingerprint density at radius 1 is 0.415 bits per heavy atom. The molecule has 1 fully saturated rings. The number of carboxylic acid groups (broad SMARTS) is 1. The summed E-state index contributed by atoms with van der Waals surface area (Å²) in [6.07, 6.45) is 5.34. The molecule has 0 saturated carbocycles. The van der Waals surface area contributed by atoms with E-state index in [0.29, 0.717) is 6.08 Å². The molecule has 1 aliphatic rings. The van der Waals surface area contributed by atoms with E-state index in [1.165, 1.54) is 27.7 Å². The third-order valence-corrected chi connectivity index (χ3v) is 14.8. The van der Waals surface area contributed by atoms with Gasteiger partial charge in [-0.1, -0.05) is 41.5 Å². The molecule has 0 amide bonds. The van der Waals surface area contributed by atoms with Gasteiger partial charge in [0.1, 0.15) is 59.5 Å². The van der Waals surface area contributed by atoms with Crippen LogP contribution in [0.25, 0.3) is 0 Å². The molecule has 0 bridgehead atoms. The molecule has 8 unspecified atom stereocenters. The van der Waals surface area contributed by atoms with Crippen molar-refractivity contribution in [3.05, 3.63) is 36.5 Å². The minimum absolute atomic E-state index is 0.00449. The first-order valence-electron chi connectivity index (χ1n) is 31.5. The number of cyclic esters (lactones) is 6. The zero-order chi connectivity index (χ0) is 70.5. The highest BCUT2D eigenvalue weighted by Gasteiger charge is 2.33. The van der Waals surface area contributed by atoms with Crippen molar-refractivity contribution in [1.29, 1.82) is 0 Å². The number of ether oxygens (including phenoxy) is 12. The first-order chi connectivity index (χ1) is 44.7. The predicted octanol–water partition coefficient (Wildman–Crippen LogP) is 2.83. The fourth-order valence-electron chi connectivity index (χ4n) is 9.26. The molecule has 1 heterocycles. The number of allylic oxidation sites excluding steroid dienone is 1. The summed E-state index contributed by atoms with van der Waals surface area (Å²) in [6, 6.07) is 0. The first kappa shape index (κ1) is 83.9. The summed E-state index contributed by atoms with van der Waals surface area (Å²) in [5.74, 6) is -17.6. The van der Waals surface area contributed by atoms with Gasteiger partial charge in [0, 0.05) is 89.3 Å². The number of hydrogen-bond acceptors (Lipinski definition) is 29. The second-order valence-corrected chi connectivity index (χ2v) is 22.2. The summed E-state index contributed by atoms with van der Waals surface area (Å²) in [5, 5.41) is 8.90. The lowest BCUT2D eigenvalue weighted by Gasteiger charge is -2.25. The highest BCUT2D eigenvalue weighted by atomic mass is 16.6. The lowest BCUT2D eigenvalue weighted by atomic mass is 9.88. The largest absolute Gasteiger partial charge is 0.478 e. The summed E-state index contributed by atoms with van der Waals surface area (Å²) >= 11 is 0. The number of methoxy groups -OCH3 is 2. The molecule has 0 aliphatic carbocycles. The molecule has 1 N–H and O–H groups in total. The Balaban J connectivity index is 3.61. The van der Waals surface area contributed by atoms with Crippen LogP contribution >= 0.6 is 0 Å². The minimum atomic E-state index is -1.37. The predicted molar refractivity (Wildman–Crippen MR) is 329 cm³/mol. The number of rotatable bonds is 20. The highest BCUT2D eigenvalue weighted by molar-refractivity contribution is 5.94. The molecule has 1 rings (SSSR count). The van der Waals surface area contributed by atoms with Gasteiger partial charge in [0.2, 0.25) is 0 Å². The molecule has 1 saturated heterocycles. The molecular weight excluding hydrogens is 1240 g/mol. The Morgan fingerprint density at radius 2 is 0.713 bits per heavy atom. The Bertz CT molecular complexity index is 2550. The molecule has 1 aliphatic heterocycles. The van der Waals surface area contributed by atoms with Crippen LogP contribution in [0.15, 0.2) is 36.5 Å². The van der Waals surface area contributed by atoms with E-state index in [2.05, 4.69) is 4.74 Å². The molecule has 0 aromatic heterocycles. The van der Waals surface area contributed by atoms with Crippen LogP contribution in [-0.2, 0) is 124 Å². The number of nitrogens with zero attached hydrogens (tertiary/aromatic N) is 3. The van der Waals surface area contributed by atoms with Crippen molar-refractivity contribution in [2.75, 3.05) is 139 Å². The van der Waals surface area contributed by atoms with E-state index in [1.54, 1.807) is 42.4 Å². The van der Waals surface area contributed by atoms with Gasteiger partial charge in [-0.25, -0.2) is 24.0 Å². The van der Waals surface area contributed by atoms with Gasteiger partial charge in [-0.2, -0.15) is 0 Å². The molecule has 0 aromatic rings. The zero-order valence-electron chi connectivity index (χ0n) is 55.9. The maximum Gasteiger partial charge on any atom is 0.331 e. The van der Waals surface area contributed by atoms with E-state index in [1.807, 2.05) is 0 Å². The first-order valence-corrected chi connectivity index (χ1v) is 31.5. The zero-order valence-corrected chi connectivity index (χ0v) is 55.9. The lowest BCUT2D eigenvalue weighted by Crippen LogP contribution is -2.37. The maximum absolute atomic E-state index is 13.6. The minimum Gasteiger partial charge on any atom is -0.478 e. The second kappa shape index (κ2) is 48.6. The van der Waals surface area contributed by atoms with E-state index in [0.717, 1.165) is 44.6 Å². The van der Waals surface area contributed by atoms with Crippen molar-refractivity contribution in [3.63, 3.8) is 0 Å². The van der Waals surface area contributed by atoms with Gasteiger partial charge < -0.3 is 61.9 Å². The lowest BCUT2D eigenvalue weighted by molar-refractivity contribution is -0.156. The standard InChI is InChI=1S/C64H97N3O27/c1-11-48-42-49(12-2)63(81)94-37-28-67(22-31-88-56(74)19-18-53(71)83-9)26-35-92-60(78)46(7)41-51(64(82)85-13-3)40-45(6)59(77)91-33-24-65(20-29-86-54(72)16-14-47(8)68)23-32-89-57(75)43(4)38-50(61(79)84-10)39-44(5)58(76)90-34-25-66(27-36-93-62(48)80)21-30-87-55(73)17-15-52(69)70/h14-19,43-46,48-51H,11-13,20-42H2,1-10H3,(H,69,70)/b16-14-,17-15-,19-18-. The van der Waals surface area contributed by atoms with Crippen LogP contribution in [0, 0.1) is 47.3 Å². The van der Waals surface area contributed by atoms with Crippen molar-refractivity contribution in [3.8, 4) is 0 Å². The molecule has 530 valence electrons. The van der Waals surface area contributed by atoms with Gasteiger partial charge in [-0.15, -0.1) is 0 Å². The summed E-state index contributed by atoms with van der Waals surface area (Å²) in [6.45, 7) is 10.9. The smallest absolute Gasteiger partial charge is 0.331 e. The number of carboxylic acids is 1. The monoisotopic (exact) mass is 1340 g/mol. The van der Waals surface area contributed by atoms with Gasteiger partial charge in [-0.3, -0.25) is 57.9 Å². The van der Waals surface area contributed by atoms with Crippen molar-refractivity contribution in [1.82, 2.24) is 14.7 Å². The topological polar surface area (TPSA) is 380 Å². The van der Waals surface area contributed by atoms with Gasteiger partial charge >= 0.3 is 77.6 Å². The third kappa shape index (κ3) is 37.5. The molecule has 30 nitrogen and oxygen atoms in total. The van der Waals surface area contributed by atoms with Gasteiger partial charge in [-0.05, 0) is 64.9 Å². The Morgan fingerprint density at radius 3 is 1.00 bits per heavy atom. The summed E-state index contributed by atoms with van der Waals surface area (Å²) in [5.41, 5.74) is 0. The maximum atomic E-state index is 13.6. The molecule has 0 spiro atoms. The molecule has 8 atom stereocenters. The molecule has 0 aromatic carbocycles. The van der Waals surface area contributed by atoms with Crippen LogP contribution in [0.1, 0.15) is 100 Å². The van der Waals surface area contributed by atoms with Crippen molar-refractivity contribution in [2.45, 2.75) is 100 Å². The van der Waals surface area contributed by atoms with Crippen LogP contribution in [0.4, 0.5) is 0 Å². The van der Waals surface area contributed by atoms with Gasteiger partial charge in [0.15, 0.2) is 5.78 Å². The SMILES string of the molecule is CCOC(=O)C1CC(C)C(=O)OCCN(CCOC(=O)/C=C\C(C)=O)CCOC(=O)C(C)CC(C(=O)OC)CC(C)C(=O)OCCN(CCOC(=O)/C=C\C(=O)O)CCOC(=O)C(CC)CC(CC)C(=O)OCCN(CCOC(=O)/C=C\C(=O)OC)CCOC(=O)C(C)C1. The average molecular weight is 1340 g/mol. The molecule has 0 radical (unpaired) electrons. The normalized spacial score (nSPS) is 23.4. The number of carbonyl (C=O) groups is 14. The number of esters is 12. The van der Waals surface area contributed by atoms with Crippen LogP contribution in [0.2, 0.25) is 0 Å². The van der Waals surface area contributed by atoms with E-state index in [9.17, 15) is 67.1 Å². The number of aliphatic carboxylic acids is 1. The quantitative estimate of drug-likeness (QED) is 0.104. The van der Waals surface area contributed by atoms with E-state index >= 15 is 0 Å². The molecule has 94 heavy (non-hydrogen) atoms. The molecular formula is C64H97N3O27. The fraction of sp³-hybridized carbons (Fsp3) is 0.688. The second-order valence-electron chi connectivity index (χ2n) is 22.2. The van der Waals surface area contributed by atoms with Crippen LogP contribution in [0.3, 0.4) is 0 Å². The van der Waals surface area contributed by atoms with E-state index in [4.69, 9.17) is 57.2 Å². The van der Waals surface area contributed by atoms with Crippen LogP contribution in [0.5, 0.6) is 0 Å². The van der Waals surface area contributed by atoms with Crippen LogP contribution < -0.4 is 0 Å². The van der Waals surface area contributed by atoms with E-state index < -0.39 is 125 Å². The van der Waals surface area contributed by atoms with Crippen molar-refractivity contribution < 1.29 is 129 Å². The third-order valence-electron chi connectivity index (χ3n) is 14.8. The van der Waals surface area contributed by atoms with E-state index in [-0.39, 0.29) is 176 Å². The van der Waals surface area contributed by atoms with Gasteiger partial charge in [0.25, 0.3) is 0 Å². The van der Waals surface area contributed by atoms with Crippen molar-refractivity contribution >= 4 is 83.4 Å². The number of hydrogen-bond donors (Lipinski definition) is 1. The average Bonchev–Trinajstić information content (AvgIpc) is 1.56. The number of carbonyl (C=O) groups excluding carboxylic acids is 13. The summed E-state index contributed by atoms with van der Waals surface area (Å²) in [4.78, 5) is 183. The molecule has 30 heteroatoms. The Labute approximate surface area is 548 Å².